The monoisotopic (exact) mass is 296 g/mol. The molecular formula is C14H10ClFO2S. The number of hydrogen-bond acceptors (Lipinski definition) is 2. The Balaban J connectivity index is 2.11. The second-order valence-corrected chi connectivity index (χ2v) is 5.76. The number of benzene rings is 2. The highest BCUT2D eigenvalue weighted by Crippen LogP contribution is 2.13. The van der Waals surface area contributed by atoms with Crippen LogP contribution in [0.25, 0.3) is 0 Å². The summed E-state index contributed by atoms with van der Waals surface area (Å²) in [6.45, 7) is 0. The third-order valence-electron chi connectivity index (χ3n) is 2.49. The molecule has 2 aromatic carbocycles. The van der Waals surface area contributed by atoms with E-state index in [1.165, 1.54) is 24.3 Å². The van der Waals surface area contributed by atoms with Gasteiger partial charge in [0.05, 0.1) is 16.6 Å². The van der Waals surface area contributed by atoms with Gasteiger partial charge in [0.1, 0.15) is 5.82 Å². The minimum Gasteiger partial charge on any atom is -0.293 e. The second-order valence-electron chi connectivity index (χ2n) is 3.88. The third-order valence-corrected chi connectivity index (χ3v) is 4.04. The first-order valence-corrected chi connectivity index (χ1v) is 7.18. The number of rotatable bonds is 4. The van der Waals surface area contributed by atoms with Crippen LogP contribution in [0.1, 0.15) is 10.4 Å². The van der Waals surface area contributed by atoms with Gasteiger partial charge >= 0.3 is 0 Å². The maximum absolute atomic E-state index is 13.0. The predicted octanol–water partition coefficient (Wildman–Crippen LogP) is 3.47. The van der Waals surface area contributed by atoms with Crippen molar-refractivity contribution >= 4 is 28.2 Å². The average molecular weight is 297 g/mol. The lowest BCUT2D eigenvalue weighted by Gasteiger charge is -2.03. The molecule has 1 atom stereocenters. The molecule has 0 spiro atoms. The van der Waals surface area contributed by atoms with Crippen LogP contribution in [0.5, 0.6) is 0 Å². The van der Waals surface area contributed by atoms with Crippen molar-refractivity contribution in [1.29, 1.82) is 0 Å². The van der Waals surface area contributed by atoms with Crippen molar-refractivity contribution in [2.24, 2.45) is 0 Å². The van der Waals surface area contributed by atoms with Crippen molar-refractivity contribution in [1.82, 2.24) is 0 Å². The van der Waals surface area contributed by atoms with Gasteiger partial charge in [-0.2, -0.15) is 0 Å². The molecular weight excluding hydrogens is 287 g/mol. The lowest BCUT2D eigenvalue weighted by atomic mass is 10.1. The molecule has 0 aliphatic heterocycles. The van der Waals surface area contributed by atoms with Crippen LogP contribution in [0.3, 0.4) is 0 Å². The normalized spacial score (nSPS) is 12.1. The average Bonchev–Trinajstić information content (AvgIpc) is 2.39. The van der Waals surface area contributed by atoms with Gasteiger partial charge in [0.15, 0.2) is 5.78 Å². The number of Topliss-reactive ketones (excluding diaryl/α,β-unsaturated/α-hetero) is 1. The van der Waals surface area contributed by atoms with Crippen molar-refractivity contribution in [2.45, 2.75) is 4.90 Å². The number of halogens is 2. The van der Waals surface area contributed by atoms with Gasteiger partial charge in [0.25, 0.3) is 0 Å². The summed E-state index contributed by atoms with van der Waals surface area (Å²) in [5.74, 6) is -0.908. The van der Waals surface area contributed by atoms with Crippen molar-refractivity contribution in [3.05, 3.63) is 64.9 Å². The van der Waals surface area contributed by atoms with Crippen molar-refractivity contribution in [3.8, 4) is 0 Å². The molecule has 5 heteroatoms. The fraction of sp³-hybridized carbons (Fsp3) is 0.0714. The van der Waals surface area contributed by atoms with Gasteiger partial charge in [0.2, 0.25) is 0 Å². The highest BCUT2D eigenvalue weighted by Gasteiger charge is 2.12. The standard InChI is InChI=1S/C14H10ClFO2S/c15-11-6-4-10(5-7-11)14(17)9-19(18)13-3-1-2-12(16)8-13/h1-8H,9H2. The Morgan fingerprint density at radius 2 is 1.84 bits per heavy atom. The van der Waals surface area contributed by atoms with Gasteiger partial charge in [-0.1, -0.05) is 17.7 Å². The van der Waals surface area contributed by atoms with Crippen LogP contribution in [0.4, 0.5) is 4.39 Å². The lowest BCUT2D eigenvalue weighted by molar-refractivity contribution is 0.102. The highest BCUT2D eigenvalue weighted by molar-refractivity contribution is 7.85. The van der Waals surface area contributed by atoms with Crippen molar-refractivity contribution in [3.63, 3.8) is 0 Å². The molecule has 0 N–H and O–H groups in total. The predicted molar refractivity (Wildman–Crippen MR) is 73.5 cm³/mol. The molecule has 0 fully saturated rings. The van der Waals surface area contributed by atoms with Gasteiger partial charge in [-0.25, -0.2) is 4.39 Å². The SMILES string of the molecule is O=C(CS(=O)c1cccc(F)c1)c1ccc(Cl)cc1. The minimum absolute atomic E-state index is 0.176. The van der Waals surface area contributed by atoms with Crippen molar-refractivity contribution < 1.29 is 13.4 Å². The van der Waals surface area contributed by atoms with E-state index in [2.05, 4.69) is 0 Å². The van der Waals surface area contributed by atoms with E-state index in [1.54, 1.807) is 24.3 Å². The molecule has 0 saturated carbocycles. The first-order chi connectivity index (χ1) is 9.06. The summed E-state index contributed by atoms with van der Waals surface area (Å²) in [5.41, 5.74) is 0.439. The maximum Gasteiger partial charge on any atom is 0.175 e. The van der Waals surface area contributed by atoms with Crippen LogP contribution in [-0.2, 0) is 10.8 Å². The molecule has 2 aromatic rings. The van der Waals surface area contributed by atoms with Gasteiger partial charge in [-0.3, -0.25) is 9.00 Å². The van der Waals surface area contributed by atoms with Gasteiger partial charge in [-0.15, -0.1) is 0 Å². The van der Waals surface area contributed by atoms with Gasteiger partial charge < -0.3 is 0 Å². The van der Waals surface area contributed by atoms with E-state index in [0.29, 0.717) is 15.5 Å². The van der Waals surface area contributed by atoms with Gasteiger partial charge in [-0.05, 0) is 42.5 Å². The molecule has 0 heterocycles. The summed E-state index contributed by atoms with van der Waals surface area (Å²) in [6.07, 6.45) is 0. The van der Waals surface area contributed by atoms with Crippen molar-refractivity contribution in [2.75, 3.05) is 5.75 Å². The van der Waals surface area contributed by atoms with Crippen LogP contribution in [0.15, 0.2) is 53.4 Å². The van der Waals surface area contributed by atoms with E-state index >= 15 is 0 Å². The quantitative estimate of drug-likeness (QED) is 0.810. The molecule has 0 bridgehead atoms. The van der Waals surface area contributed by atoms with E-state index in [4.69, 9.17) is 11.6 Å². The molecule has 0 amide bonds. The number of hydrogen-bond donors (Lipinski definition) is 0. The molecule has 98 valence electrons. The van der Waals surface area contributed by atoms with Crippen LogP contribution in [0.2, 0.25) is 5.02 Å². The fourth-order valence-corrected chi connectivity index (χ4v) is 2.70. The summed E-state index contributed by atoms with van der Waals surface area (Å²) < 4.78 is 24.9. The highest BCUT2D eigenvalue weighted by atomic mass is 35.5. The Morgan fingerprint density at radius 1 is 1.16 bits per heavy atom. The summed E-state index contributed by atoms with van der Waals surface area (Å²) >= 11 is 5.72. The molecule has 0 radical (unpaired) electrons. The van der Waals surface area contributed by atoms with Gasteiger partial charge in [0, 0.05) is 15.5 Å². The summed E-state index contributed by atoms with van der Waals surface area (Å²) in [4.78, 5) is 12.2. The number of carbonyl (C=O) groups excluding carboxylic acids is 1. The van der Waals surface area contributed by atoms with Crippen LogP contribution < -0.4 is 0 Å². The van der Waals surface area contributed by atoms with E-state index in [-0.39, 0.29) is 11.5 Å². The smallest absolute Gasteiger partial charge is 0.175 e. The largest absolute Gasteiger partial charge is 0.293 e. The molecule has 19 heavy (non-hydrogen) atoms. The maximum atomic E-state index is 13.0. The first kappa shape index (κ1) is 13.9. The molecule has 1 unspecified atom stereocenters. The van der Waals surface area contributed by atoms with E-state index < -0.39 is 16.6 Å². The Labute approximate surface area is 117 Å². The van der Waals surface area contributed by atoms with Crippen LogP contribution in [0, 0.1) is 5.82 Å². The molecule has 2 rings (SSSR count). The van der Waals surface area contributed by atoms with E-state index in [9.17, 15) is 13.4 Å². The molecule has 2 nitrogen and oxygen atoms in total. The molecule has 0 aliphatic rings. The van der Waals surface area contributed by atoms with E-state index in [1.807, 2.05) is 0 Å². The fourth-order valence-electron chi connectivity index (χ4n) is 1.53. The lowest BCUT2D eigenvalue weighted by Crippen LogP contribution is -2.11. The zero-order valence-corrected chi connectivity index (χ0v) is 11.4. The van der Waals surface area contributed by atoms with Crippen LogP contribution >= 0.6 is 11.6 Å². The van der Waals surface area contributed by atoms with E-state index in [0.717, 1.165) is 0 Å². The summed E-state index contributed by atoms with van der Waals surface area (Å²) in [5, 5.41) is 0.530. The number of ketones is 1. The topological polar surface area (TPSA) is 34.1 Å². The molecule has 0 aliphatic carbocycles. The van der Waals surface area contributed by atoms with Crippen LogP contribution in [-0.4, -0.2) is 15.7 Å². The Kier molecular flexibility index (Phi) is 4.45. The summed E-state index contributed by atoms with van der Waals surface area (Å²) in [7, 11) is -1.55. The Morgan fingerprint density at radius 3 is 2.47 bits per heavy atom. The summed E-state index contributed by atoms with van der Waals surface area (Å²) in [6, 6.07) is 11.8. The first-order valence-electron chi connectivity index (χ1n) is 5.49. The second kappa shape index (κ2) is 6.08. The molecule has 0 aromatic heterocycles. The Bertz CT molecular complexity index is 626. The molecule has 0 saturated heterocycles. The zero-order valence-electron chi connectivity index (χ0n) is 9.81. The Hall–Kier alpha value is -1.52. The number of carbonyl (C=O) groups is 1. The third kappa shape index (κ3) is 3.72. The zero-order chi connectivity index (χ0) is 13.8. The minimum atomic E-state index is -1.55.